The number of para-hydroxylation sites is 1. The molecule has 0 bridgehead atoms. The van der Waals surface area contributed by atoms with Crippen LogP contribution >= 0.6 is 0 Å². The van der Waals surface area contributed by atoms with Crippen LogP contribution in [0.15, 0.2) is 78.9 Å². The number of benzene rings is 3. The second kappa shape index (κ2) is 9.46. The predicted molar refractivity (Wildman–Crippen MR) is 116 cm³/mol. The van der Waals surface area contributed by atoms with E-state index in [-0.39, 0.29) is 5.91 Å². The zero-order valence-electron chi connectivity index (χ0n) is 16.2. The van der Waals surface area contributed by atoms with Gasteiger partial charge in [0, 0.05) is 36.8 Å². The van der Waals surface area contributed by atoms with Gasteiger partial charge in [0.2, 0.25) is 5.91 Å². The van der Waals surface area contributed by atoms with E-state index in [4.69, 9.17) is 4.74 Å². The van der Waals surface area contributed by atoms with Gasteiger partial charge in [-0.15, -0.1) is 0 Å². The summed E-state index contributed by atoms with van der Waals surface area (Å²) in [6, 6.07) is 25.3. The Morgan fingerprint density at radius 1 is 0.821 bits per heavy atom. The van der Waals surface area contributed by atoms with Crippen molar-refractivity contribution in [1.29, 1.82) is 0 Å². The van der Waals surface area contributed by atoms with E-state index in [0.29, 0.717) is 13.0 Å². The zero-order valence-corrected chi connectivity index (χ0v) is 16.2. The van der Waals surface area contributed by atoms with Crippen LogP contribution in [-0.4, -0.2) is 26.6 Å². The molecule has 3 aromatic rings. The van der Waals surface area contributed by atoms with Gasteiger partial charge in [0.05, 0.1) is 13.0 Å². The van der Waals surface area contributed by atoms with Crippen LogP contribution in [0.3, 0.4) is 0 Å². The highest BCUT2D eigenvalue weighted by atomic mass is 16.5. The van der Waals surface area contributed by atoms with Gasteiger partial charge in [0.15, 0.2) is 0 Å². The number of amides is 1. The molecule has 0 fully saturated rings. The van der Waals surface area contributed by atoms with Crippen molar-refractivity contribution >= 4 is 28.7 Å². The molecule has 0 spiro atoms. The van der Waals surface area contributed by atoms with Crippen molar-refractivity contribution in [1.82, 2.24) is 0 Å². The Hall–Kier alpha value is -3.47. The molecule has 2 N–H and O–H groups in total. The SMILES string of the molecule is CN(C)c1ccc(Nc2ccc(NC(=O)CCOc3ccccc3)cc2)cc1. The predicted octanol–water partition coefficient (Wildman–Crippen LogP) is 4.90. The van der Waals surface area contributed by atoms with Gasteiger partial charge in [-0.05, 0) is 60.7 Å². The van der Waals surface area contributed by atoms with Crippen LogP contribution < -0.4 is 20.3 Å². The molecule has 0 atom stereocenters. The lowest BCUT2D eigenvalue weighted by Crippen LogP contribution is -2.15. The van der Waals surface area contributed by atoms with E-state index < -0.39 is 0 Å². The normalized spacial score (nSPS) is 10.2. The molecule has 0 aromatic heterocycles. The average Bonchev–Trinajstić information content (AvgIpc) is 2.71. The molecule has 0 saturated carbocycles. The molecule has 5 nitrogen and oxygen atoms in total. The molecular formula is C23H25N3O2. The topological polar surface area (TPSA) is 53.6 Å². The third kappa shape index (κ3) is 5.77. The van der Waals surface area contributed by atoms with Gasteiger partial charge >= 0.3 is 0 Å². The molecule has 28 heavy (non-hydrogen) atoms. The number of anilines is 4. The standard InChI is InChI=1S/C23H25N3O2/c1-26(2)21-14-12-19(13-15-21)24-18-8-10-20(11-9-18)25-23(27)16-17-28-22-6-4-3-5-7-22/h3-15,24H,16-17H2,1-2H3,(H,25,27). The fourth-order valence-electron chi connectivity index (χ4n) is 2.65. The van der Waals surface area contributed by atoms with Gasteiger partial charge in [0.25, 0.3) is 0 Å². The van der Waals surface area contributed by atoms with Crippen molar-refractivity contribution in [3.8, 4) is 5.75 Å². The summed E-state index contributed by atoms with van der Waals surface area (Å²) in [6.45, 7) is 0.346. The van der Waals surface area contributed by atoms with Gasteiger partial charge < -0.3 is 20.3 Å². The number of rotatable bonds is 8. The van der Waals surface area contributed by atoms with Gasteiger partial charge in [-0.25, -0.2) is 0 Å². The molecule has 0 radical (unpaired) electrons. The molecule has 0 heterocycles. The minimum absolute atomic E-state index is 0.0732. The highest BCUT2D eigenvalue weighted by Crippen LogP contribution is 2.21. The lowest BCUT2D eigenvalue weighted by atomic mass is 10.2. The lowest BCUT2D eigenvalue weighted by Gasteiger charge is -2.13. The summed E-state index contributed by atoms with van der Waals surface area (Å²) in [5.74, 6) is 0.695. The summed E-state index contributed by atoms with van der Waals surface area (Å²) >= 11 is 0. The summed E-state index contributed by atoms with van der Waals surface area (Å²) in [6.07, 6.45) is 0.299. The first-order valence-corrected chi connectivity index (χ1v) is 9.22. The highest BCUT2D eigenvalue weighted by Gasteiger charge is 2.04. The van der Waals surface area contributed by atoms with Crippen LogP contribution in [0.4, 0.5) is 22.7 Å². The molecule has 0 unspecified atom stereocenters. The van der Waals surface area contributed by atoms with Crippen LogP contribution in [0, 0.1) is 0 Å². The maximum Gasteiger partial charge on any atom is 0.227 e. The molecule has 0 aliphatic heterocycles. The largest absolute Gasteiger partial charge is 0.493 e. The Morgan fingerprint density at radius 2 is 1.39 bits per heavy atom. The third-order valence-electron chi connectivity index (χ3n) is 4.18. The number of ether oxygens (including phenoxy) is 1. The summed E-state index contributed by atoms with van der Waals surface area (Å²) in [5, 5.41) is 6.24. The van der Waals surface area contributed by atoms with Crippen LogP contribution in [0.2, 0.25) is 0 Å². The molecule has 0 aliphatic rings. The number of nitrogens with one attached hydrogen (secondary N) is 2. The first-order valence-electron chi connectivity index (χ1n) is 9.22. The molecule has 0 aliphatic carbocycles. The summed E-state index contributed by atoms with van der Waals surface area (Å²) in [7, 11) is 4.03. The fraction of sp³-hybridized carbons (Fsp3) is 0.174. The number of carbonyl (C=O) groups is 1. The quantitative estimate of drug-likeness (QED) is 0.588. The Balaban J connectivity index is 1.46. The second-order valence-corrected chi connectivity index (χ2v) is 6.60. The van der Waals surface area contributed by atoms with E-state index in [2.05, 4.69) is 27.7 Å². The van der Waals surface area contributed by atoms with Crippen molar-refractivity contribution < 1.29 is 9.53 Å². The molecule has 0 saturated heterocycles. The zero-order chi connectivity index (χ0) is 19.8. The van der Waals surface area contributed by atoms with Crippen LogP contribution in [-0.2, 0) is 4.79 Å². The molecule has 144 valence electrons. The first-order chi connectivity index (χ1) is 13.6. The van der Waals surface area contributed by atoms with E-state index in [1.807, 2.05) is 80.8 Å². The van der Waals surface area contributed by atoms with E-state index in [1.54, 1.807) is 0 Å². The molecular weight excluding hydrogens is 350 g/mol. The average molecular weight is 375 g/mol. The van der Waals surface area contributed by atoms with Crippen molar-refractivity contribution in [3.05, 3.63) is 78.9 Å². The lowest BCUT2D eigenvalue weighted by molar-refractivity contribution is -0.116. The minimum atomic E-state index is -0.0732. The summed E-state index contributed by atoms with van der Waals surface area (Å²) < 4.78 is 5.55. The Bertz CT molecular complexity index is 876. The van der Waals surface area contributed by atoms with E-state index in [0.717, 1.165) is 28.5 Å². The Morgan fingerprint density at radius 3 is 2.00 bits per heavy atom. The summed E-state index contributed by atoms with van der Waals surface area (Å²) in [4.78, 5) is 14.1. The Labute approximate surface area is 166 Å². The molecule has 5 heteroatoms. The van der Waals surface area contributed by atoms with Gasteiger partial charge in [-0.1, -0.05) is 18.2 Å². The molecule has 1 amide bonds. The maximum atomic E-state index is 12.1. The number of hydrogen-bond donors (Lipinski definition) is 2. The minimum Gasteiger partial charge on any atom is -0.493 e. The van der Waals surface area contributed by atoms with Crippen LogP contribution in [0.5, 0.6) is 5.75 Å². The van der Waals surface area contributed by atoms with Crippen molar-refractivity contribution in [2.24, 2.45) is 0 Å². The smallest absolute Gasteiger partial charge is 0.227 e. The highest BCUT2D eigenvalue weighted by molar-refractivity contribution is 5.91. The number of nitrogens with zero attached hydrogens (tertiary/aromatic N) is 1. The Kier molecular flexibility index (Phi) is 6.52. The van der Waals surface area contributed by atoms with E-state index in [1.165, 1.54) is 0 Å². The number of hydrogen-bond acceptors (Lipinski definition) is 4. The van der Waals surface area contributed by atoms with Gasteiger partial charge in [-0.3, -0.25) is 4.79 Å². The van der Waals surface area contributed by atoms with Crippen LogP contribution in [0.25, 0.3) is 0 Å². The van der Waals surface area contributed by atoms with E-state index in [9.17, 15) is 4.79 Å². The molecule has 3 aromatic carbocycles. The maximum absolute atomic E-state index is 12.1. The third-order valence-corrected chi connectivity index (χ3v) is 4.18. The summed E-state index contributed by atoms with van der Waals surface area (Å²) in [5.41, 5.74) is 3.89. The van der Waals surface area contributed by atoms with Gasteiger partial charge in [0.1, 0.15) is 5.75 Å². The van der Waals surface area contributed by atoms with Gasteiger partial charge in [-0.2, -0.15) is 0 Å². The number of carbonyl (C=O) groups excluding carboxylic acids is 1. The fourth-order valence-corrected chi connectivity index (χ4v) is 2.65. The first kappa shape index (κ1) is 19.3. The monoisotopic (exact) mass is 375 g/mol. The van der Waals surface area contributed by atoms with Crippen LogP contribution in [0.1, 0.15) is 6.42 Å². The van der Waals surface area contributed by atoms with Crippen molar-refractivity contribution in [3.63, 3.8) is 0 Å². The van der Waals surface area contributed by atoms with Crippen molar-refractivity contribution in [2.75, 3.05) is 36.2 Å². The second-order valence-electron chi connectivity index (χ2n) is 6.60. The molecule has 3 rings (SSSR count). The van der Waals surface area contributed by atoms with Crippen molar-refractivity contribution in [2.45, 2.75) is 6.42 Å². The van der Waals surface area contributed by atoms with E-state index >= 15 is 0 Å².